The molecule has 0 aliphatic carbocycles. The summed E-state index contributed by atoms with van der Waals surface area (Å²) < 4.78 is 5.08. The van der Waals surface area contributed by atoms with Gasteiger partial charge in [0.25, 0.3) is 0 Å². The number of carbonyl (C=O) groups is 1. The highest BCUT2D eigenvalue weighted by atomic mass is 32.1. The molecule has 0 aliphatic rings. The number of carbonyl (C=O) groups excluding carboxylic acids is 1. The number of nitriles is 1. The van der Waals surface area contributed by atoms with Crippen molar-refractivity contribution in [3.8, 4) is 6.07 Å². The molecule has 0 aromatic carbocycles. The Morgan fingerprint density at radius 3 is 2.74 bits per heavy atom. The third-order valence-electron chi connectivity index (χ3n) is 1.82. The van der Waals surface area contributed by atoms with Crippen LogP contribution in [0.3, 0.4) is 0 Å². The van der Waals surface area contributed by atoms with Crippen LogP contribution in [0, 0.1) is 11.3 Å². The predicted octanol–water partition coefficient (Wildman–Crippen LogP) is 1.53. The molecule has 1 aromatic rings. The zero-order valence-corrected chi connectivity index (χ0v) is 11.9. The number of nitrogens with zero attached hydrogens (tertiary/aromatic N) is 2. The number of hydrogen-bond acceptors (Lipinski definition) is 7. The Labute approximate surface area is 115 Å². The first-order chi connectivity index (χ1) is 8.81. The summed E-state index contributed by atoms with van der Waals surface area (Å²) in [5.41, 5.74) is 5.01. The van der Waals surface area contributed by atoms with E-state index in [1.165, 1.54) is 11.3 Å². The van der Waals surface area contributed by atoms with Gasteiger partial charge in [0.05, 0.1) is 0 Å². The molecule has 1 aromatic heterocycles. The maximum absolute atomic E-state index is 11.3. The number of hydrogen-bond donors (Lipinski definition) is 3. The van der Waals surface area contributed by atoms with Gasteiger partial charge >= 0.3 is 6.09 Å². The topological polar surface area (TPSA) is 113 Å². The van der Waals surface area contributed by atoms with Crippen molar-refractivity contribution in [2.75, 3.05) is 24.1 Å². The molecule has 1 heterocycles. The third-order valence-corrected chi connectivity index (χ3v) is 2.76. The van der Waals surface area contributed by atoms with Crippen molar-refractivity contribution >= 4 is 28.4 Å². The summed E-state index contributed by atoms with van der Waals surface area (Å²) in [5.74, 6) is 0.218. The van der Waals surface area contributed by atoms with Crippen molar-refractivity contribution in [3.63, 3.8) is 0 Å². The second-order valence-electron chi connectivity index (χ2n) is 4.70. The Kier molecular flexibility index (Phi) is 4.94. The van der Waals surface area contributed by atoms with Crippen molar-refractivity contribution in [1.29, 1.82) is 5.26 Å². The molecule has 104 valence electrons. The molecular weight excluding hydrogens is 266 g/mol. The Hall–Kier alpha value is -2.01. The minimum atomic E-state index is -0.511. The van der Waals surface area contributed by atoms with E-state index in [0.29, 0.717) is 23.1 Å². The second kappa shape index (κ2) is 6.24. The normalized spacial score (nSPS) is 10.6. The largest absolute Gasteiger partial charge is 0.444 e. The summed E-state index contributed by atoms with van der Waals surface area (Å²) in [6.45, 7) is 6.25. The van der Waals surface area contributed by atoms with E-state index in [4.69, 9.17) is 15.7 Å². The van der Waals surface area contributed by atoms with Gasteiger partial charge in [0.2, 0.25) is 0 Å². The molecule has 0 bridgehead atoms. The zero-order valence-electron chi connectivity index (χ0n) is 11.1. The van der Waals surface area contributed by atoms with Crippen molar-refractivity contribution < 1.29 is 9.53 Å². The van der Waals surface area contributed by atoms with Crippen LogP contribution in [0.1, 0.15) is 25.6 Å². The van der Waals surface area contributed by atoms with E-state index >= 15 is 0 Å². The molecule has 7 nitrogen and oxygen atoms in total. The minimum absolute atomic E-state index is 0.218. The minimum Gasteiger partial charge on any atom is -0.444 e. The molecule has 0 atom stereocenters. The van der Waals surface area contributed by atoms with Crippen LogP contribution in [0.5, 0.6) is 0 Å². The number of aromatic nitrogens is 1. The van der Waals surface area contributed by atoms with Crippen molar-refractivity contribution in [2.45, 2.75) is 26.4 Å². The van der Waals surface area contributed by atoms with Gasteiger partial charge < -0.3 is 21.1 Å². The van der Waals surface area contributed by atoms with E-state index in [2.05, 4.69) is 15.6 Å². The lowest BCUT2D eigenvalue weighted by Crippen LogP contribution is -2.34. The van der Waals surface area contributed by atoms with Crippen LogP contribution in [0.2, 0.25) is 0 Å². The molecule has 0 aliphatic heterocycles. The molecule has 0 fully saturated rings. The molecule has 0 saturated heterocycles. The Bertz CT molecular complexity index is 486. The van der Waals surface area contributed by atoms with Crippen molar-refractivity contribution in [3.05, 3.63) is 4.88 Å². The number of rotatable bonds is 4. The van der Waals surface area contributed by atoms with Crippen LogP contribution in [0.15, 0.2) is 0 Å². The van der Waals surface area contributed by atoms with Crippen molar-refractivity contribution in [1.82, 2.24) is 10.3 Å². The van der Waals surface area contributed by atoms with Gasteiger partial charge in [-0.05, 0) is 20.8 Å². The standard InChI is InChI=1S/C11H17N5O2S/c1-11(2,3)18-10(17)15-5-4-14-9-16-8(13)7(6-12)19-9/h4-5,13H2,1-3H3,(H,14,16)(H,15,17). The van der Waals surface area contributed by atoms with E-state index in [0.717, 1.165) is 0 Å². The molecular formula is C11H17N5O2S. The van der Waals surface area contributed by atoms with Crippen LogP contribution in [-0.4, -0.2) is 29.8 Å². The van der Waals surface area contributed by atoms with E-state index in [-0.39, 0.29) is 5.82 Å². The SMILES string of the molecule is CC(C)(C)OC(=O)NCCNc1nc(N)c(C#N)s1. The summed E-state index contributed by atoms with van der Waals surface area (Å²) in [6.07, 6.45) is -0.467. The van der Waals surface area contributed by atoms with Gasteiger partial charge in [-0.1, -0.05) is 11.3 Å². The highest BCUT2D eigenvalue weighted by molar-refractivity contribution is 7.16. The molecule has 4 N–H and O–H groups in total. The molecule has 1 rings (SSSR count). The number of nitrogens with one attached hydrogen (secondary N) is 2. The number of nitrogen functional groups attached to an aromatic ring is 1. The lowest BCUT2D eigenvalue weighted by atomic mass is 10.2. The van der Waals surface area contributed by atoms with E-state index < -0.39 is 11.7 Å². The van der Waals surface area contributed by atoms with Gasteiger partial charge in [-0.2, -0.15) is 5.26 Å². The number of alkyl carbamates (subject to hydrolysis) is 1. The predicted molar refractivity (Wildman–Crippen MR) is 74.0 cm³/mol. The van der Waals surface area contributed by atoms with Gasteiger partial charge in [-0.15, -0.1) is 0 Å². The zero-order chi connectivity index (χ0) is 14.5. The summed E-state index contributed by atoms with van der Waals surface area (Å²) in [7, 11) is 0. The smallest absolute Gasteiger partial charge is 0.407 e. The van der Waals surface area contributed by atoms with Crippen LogP contribution in [-0.2, 0) is 4.74 Å². The molecule has 0 spiro atoms. The Balaban J connectivity index is 2.28. The Morgan fingerprint density at radius 2 is 2.21 bits per heavy atom. The lowest BCUT2D eigenvalue weighted by molar-refractivity contribution is 0.0530. The summed E-state index contributed by atoms with van der Waals surface area (Å²) in [5, 5.41) is 14.8. The molecule has 19 heavy (non-hydrogen) atoms. The first-order valence-corrected chi connectivity index (χ1v) is 6.50. The van der Waals surface area contributed by atoms with Crippen molar-refractivity contribution in [2.24, 2.45) is 0 Å². The van der Waals surface area contributed by atoms with Gasteiger partial charge in [0.1, 0.15) is 16.5 Å². The second-order valence-corrected chi connectivity index (χ2v) is 5.70. The van der Waals surface area contributed by atoms with Crippen LogP contribution >= 0.6 is 11.3 Å². The fraction of sp³-hybridized carbons (Fsp3) is 0.545. The first-order valence-electron chi connectivity index (χ1n) is 5.69. The molecule has 0 radical (unpaired) electrons. The van der Waals surface area contributed by atoms with Gasteiger partial charge in [0, 0.05) is 13.1 Å². The average molecular weight is 283 g/mol. The number of nitrogens with two attached hydrogens (primary N) is 1. The number of thiazole rings is 1. The van der Waals surface area contributed by atoms with Crippen LogP contribution < -0.4 is 16.4 Å². The van der Waals surface area contributed by atoms with Gasteiger partial charge in [-0.25, -0.2) is 9.78 Å². The molecule has 1 amide bonds. The van der Waals surface area contributed by atoms with E-state index in [1.807, 2.05) is 6.07 Å². The maximum atomic E-state index is 11.3. The maximum Gasteiger partial charge on any atom is 0.407 e. The molecule has 0 unspecified atom stereocenters. The monoisotopic (exact) mass is 283 g/mol. The quantitative estimate of drug-likeness (QED) is 0.722. The summed E-state index contributed by atoms with van der Waals surface area (Å²) in [6, 6.07) is 1.95. The highest BCUT2D eigenvalue weighted by Crippen LogP contribution is 2.23. The Morgan fingerprint density at radius 1 is 1.53 bits per heavy atom. The average Bonchev–Trinajstić information content (AvgIpc) is 2.63. The summed E-state index contributed by atoms with van der Waals surface area (Å²) >= 11 is 1.18. The number of amides is 1. The van der Waals surface area contributed by atoms with Gasteiger partial charge in [-0.3, -0.25) is 0 Å². The third kappa shape index (κ3) is 5.44. The van der Waals surface area contributed by atoms with E-state index in [1.54, 1.807) is 20.8 Å². The fourth-order valence-corrected chi connectivity index (χ4v) is 1.84. The van der Waals surface area contributed by atoms with Crippen LogP contribution in [0.4, 0.5) is 15.7 Å². The number of ether oxygens (including phenoxy) is 1. The van der Waals surface area contributed by atoms with Gasteiger partial charge in [0.15, 0.2) is 10.9 Å². The number of anilines is 2. The molecule has 8 heteroatoms. The first kappa shape index (κ1) is 15.0. The molecule has 0 saturated carbocycles. The highest BCUT2D eigenvalue weighted by Gasteiger charge is 2.15. The lowest BCUT2D eigenvalue weighted by Gasteiger charge is -2.19. The summed E-state index contributed by atoms with van der Waals surface area (Å²) in [4.78, 5) is 15.7. The van der Waals surface area contributed by atoms with Crippen LogP contribution in [0.25, 0.3) is 0 Å². The fourth-order valence-electron chi connectivity index (χ4n) is 1.14. The van der Waals surface area contributed by atoms with E-state index in [9.17, 15) is 4.79 Å².